The topological polar surface area (TPSA) is 26.0 Å². The third kappa shape index (κ3) is 3.51. The van der Waals surface area contributed by atoms with Crippen LogP contribution in [-0.4, -0.2) is 4.98 Å². The summed E-state index contributed by atoms with van der Waals surface area (Å²) in [7, 11) is 0. The minimum atomic E-state index is 0.924. The molecule has 0 aliphatic carbocycles. The molecule has 0 aliphatic heterocycles. The van der Waals surface area contributed by atoms with Crippen LogP contribution in [0.15, 0.2) is 126 Å². The number of nitrogens with zero attached hydrogens (tertiary/aromatic N) is 1. The first-order valence-corrected chi connectivity index (χ1v) is 13.9. The number of hydrogen-bond acceptors (Lipinski definition) is 3. The van der Waals surface area contributed by atoms with E-state index in [1.54, 1.807) is 0 Å². The molecule has 0 atom stereocenters. The van der Waals surface area contributed by atoms with Crippen molar-refractivity contribution in [3.05, 3.63) is 127 Å². The number of pyridine rings is 1. The highest BCUT2D eigenvalue weighted by Gasteiger charge is 2.16. The molecule has 0 radical (unpaired) electrons. The molecular weight excluding hydrogens is 494 g/mol. The highest BCUT2D eigenvalue weighted by atomic mass is 32.1. The van der Waals surface area contributed by atoms with Gasteiger partial charge in [-0.3, -0.25) is 4.98 Å². The Morgan fingerprint density at radius 2 is 1.36 bits per heavy atom. The summed E-state index contributed by atoms with van der Waals surface area (Å²) in [5, 5.41) is 4.83. The number of thiophene rings is 1. The molecule has 39 heavy (non-hydrogen) atoms. The van der Waals surface area contributed by atoms with E-state index in [0.717, 1.165) is 33.2 Å². The van der Waals surface area contributed by atoms with Gasteiger partial charge < -0.3 is 4.42 Å². The number of hydrogen-bond donors (Lipinski definition) is 0. The lowest BCUT2D eigenvalue weighted by molar-refractivity contribution is 0.670. The molecule has 3 heteroatoms. The van der Waals surface area contributed by atoms with Crippen LogP contribution in [-0.2, 0) is 0 Å². The summed E-state index contributed by atoms with van der Waals surface area (Å²) in [6, 6.07) is 40.7. The Morgan fingerprint density at radius 1 is 0.590 bits per heavy atom. The van der Waals surface area contributed by atoms with Crippen LogP contribution in [0.1, 0.15) is 5.56 Å². The van der Waals surface area contributed by atoms with Crippen molar-refractivity contribution in [1.82, 2.24) is 4.98 Å². The fraction of sp³-hybridized carbons (Fsp3) is 0.0278. The molecule has 3 heterocycles. The third-order valence-corrected chi connectivity index (χ3v) is 8.90. The van der Waals surface area contributed by atoms with Gasteiger partial charge in [-0.25, -0.2) is 0 Å². The van der Waals surface area contributed by atoms with Crippen molar-refractivity contribution in [3.8, 4) is 33.5 Å². The molecule has 0 saturated heterocycles. The Hall–Kier alpha value is -4.73. The molecule has 0 amide bonds. The van der Waals surface area contributed by atoms with Gasteiger partial charge in [0.25, 0.3) is 0 Å². The second-order valence-corrected chi connectivity index (χ2v) is 11.1. The van der Waals surface area contributed by atoms with Crippen molar-refractivity contribution in [1.29, 1.82) is 0 Å². The van der Waals surface area contributed by atoms with Gasteiger partial charge in [-0.05, 0) is 47.9 Å². The van der Waals surface area contributed by atoms with Crippen LogP contribution in [0.5, 0.6) is 0 Å². The van der Waals surface area contributed by atoms with E-state index in [0.29, 0.717) is 0 Å². The van der Waals surface area contributed by atoms with E-state index < -0.39 is 0 Å². The van der Waals surface area contributed by atoms with Crippen LogP contribution in [0.3, 0.4) is 0 Å². The second-order valence-electron chi connectivity index (χ2n) is 10.0. The first-order chi connectivity index (χ1) is 19.2. The van der Waals surface area contributed by atoms with Crippen molar-refractivity contribution in [2.45, 2.75) is 6.92 Å². The summed E-state index contributed by atoms with van der Waals surface area (Å²) in [5.74, 6) is 0. The van der Waals surface area contributed by atoms with Crippen LogP contribution in [0.25, 0.3) is 75.6 Å². The van der Waals surface area contributed by atoms with Gasteiger partial charge >= 0.3 is 0 Å². The van der Waals surface area contributed by atoms with E-state index in [2.05, 4.69) is 104 Å². The molecule has 3 aromatic heterocycles. The largest absolute Gasteiger partial charge is 0.455 e. The Balaban J connectivity index is 1.28. The van der Waals surface area contributed by atoms with Gasteiger partial charge in [0.15, 0.2) is 0 Å². The average Bonchev–Trinajstić information content (AvgIpc) is 3.55. The molecule has 0 unspecified atom stereocenters. The zero-order valence-electron chi connectivity index (χ0n) is 21.3. The molecule has 8 rings (SSSR count). The van der Waals surface area contributed by atoms with E-state index in [-0.39, 0.29) is 0 Å². The minimum absolute atomic E-state index is 0.924. The number of aryl methyl sites for hydroxylation is 1. The van der Waals surface area contributed by atoms with Crippen molar-refractivity contribution >= 4 is 53.4 Å². The fourth-order valence-electron chi connectivity index (χ4n) is 5.77. The van der Waals surface area contributed by atoms with E-state index in [9.17, 15) is 0 Å². The van der Waals surface area contributed by atoms with Crippen LogP contribution in [0.4, 0.5) is 0 Å². The molecule has 2 nitrogen and oxygen atoms in total. The number of fused-ring (bicyclic) bond motifs is 6. The monoisotopic (exact) mass is 517 g/mol. The predicted octanol–water partition coefficient (Wildman–Crippen LogP) is 10.7. The smallest absolute Gasteiger partial charge is 0.143 e. The van der Waals surface area contributed by atoms with E-state index in [4.69, 9.17) is 9.40 Å². The zero-order chi connectivity index (χ0) is 25.9. The van der Waals surface area contributed by atoms with Gasteiger partial charge in [0.1, 0.15) is 11.2 Å². The molecule has 8 aromatic rings. The quantitative estimate of drug-likeness (QED) is 0.233. The Labute approximate surface area is 229 Å². The summed E-state index contributed by atoms with van der Waals surface area (Å²) in [6.45, 7) is 2.17. The lowest BCUT2D eigenvalue weighted by Crippen LogP contribution is -1.89. The summed E-state index contributed by atoms with van der Waals surface area (Å²) in [5.41, 5.74) is 9.94. The van der Waals surface area contributed by atoms with Gasteiger partial charge in [0.05, 0.1) is 5.69 Å². The van der Waals surface area contributed by atoms with Crippen LogP contribution in [0.2, 0.25) is 0 Å². The Morgan fingerprint density at radius 3 is 2.23 bits per heavy atom. The maximum Gasteiger partial charge on any atom is 0.143 e. The van der Waals surface area contributed by atoms with Gasteiger partial charge in [0.2, 0.25) is 0 Å². The molecule has 5 aromatic carbocycles. The van der Waals surface area contributed by atoms with E-state index in [1.165, 1.54) is 48.0 Å². The van der Waals surface area contributed by atoms with Gasteiger partial charge in [-0.2, -0.15) is 0 Å². The van der Waals surface area contributed by atoms with Crippen LogP contribution < -0.4 is 0 Å². The van der Waals surface area contributed by atoms with E-state index in [1.807, 2.05) is 35.7 Å². The molecule has 0 fully saturated rings. The third-order valence-electron chi connectivity index (χ3n) is 7.68. The number of para-hydroxylation sites is 2. The number of aromatic nitrogens is 1. The highest BCUT2D eigenvalue weighted by molar-refractivity contribution is 7.26. The SMILES string of the molecule is Cc1cc(-c2cccc3c2sc2ccc(-c4cccc5c4oc4ccccc45)cc23)ncc1-c1ccccc1. The van der Waals surface area contributed by atoms with Crippen molar-refractivity contribution in [2.24, 2.45) is 0 Å². The Bertz CT molecular complexity index is 2190. The number of rotatable bonds is 3. The van der Waals surface area contributed by atoms with Gasteiger partial charge in [-0.1, -0.05) is 91.0 Å². The normalized spacial score (nSPS) is 11.7. The average molecular weight is 518 g/mol. The van der Waals surface area contributed by atoms with Crippen molar-refractivity contribution in [3.63, 3.8) is 0 Å². The first-order valence-electron chi connectivity index (χ1n) is 13.1. The maximum atomic E-state index is 6.34. The highest BCUT2D eigenvalue weighted by Crippen LogP contribution is 2.43. The van der Waals surface area contributed by atoms with Gasteiger partial charge in [-0.15, -0.1) is 11.3 Å². The molecule has 0 N–H and O–H groups in total. The maximum absolute atomic E-state index is 6.34. The van der Waals surface area contributed by atoms with Crippen LogP contribution in [0, 0.1) is 6.92 Å². The van der Waals surface area contributed by atoms with Gasteiger partial charge in [0, 0.05) is 53.8 Å². The number of furan rings is 1. The standard InChI is InChI=1S/C36H23NOS/c1-22-19-32(37-21-31(22)23-9-3-2-4-10-23)29-15-8-14-28-30-20-24(17-18-34(30)39-36(28)29)25-12-7-13-27-26-11-5-6-16-33(26)38-35(25)27/h2-21H,1H3. The summed E-state index contributed by atoms with van der Waals surface area (Å²) >= 11 is 1.84. The van der Waals surface area contributed by atoms with Crippen LogP contribution >= 0.6 is 11.3 Å². The number of benzene rings is 5. The summed E-state index contributed by atoms with van der Waals surface area (Å²) in [4.78, 5) is 4.92. The molecule has 0 bridgehead atoms. The van der Waals surface area contributed by atoms with Crippen molar-refractivity contribution < 1.29 is 4.42 Å². The first kappa shape index (κ1) is 22.3. The summed E-state index contributed by atoms with van der Waals surface area (Å²) < 4.78 is 8.89. The molecule has 0 saturated carbocycles. The summed E-state index contributed by atoms with van der Waals surface area (Å²) in [6.07, 6.45) is 2.01. The van der Waals surface area contributed by atoms with Crippen molar-refractivity contribution in [2.75, 3.05) is 0 Å². The Kier molecular flexibility index (Phi) is 4.94. The molecular formula is C36H23NOS. The minimum Gasteiger partial charge on any atom is -0.455 e. The lowest BCUT2D eigenvalue weighted by atomic mass is 9.98. The molecule has 0 aliphatic rings. The molecule has 184 valence electrons. The predicted molar refractivity (Wildman–Crippen MR) is 165 cm³/mol. The fourth-order valence-corrected chi connectivity index (χ4v) is 6.97. The second kappa shape index (κ2) is 8.65. The zero-order valence-corrected chi connectivity index (χ0v) is 22.1. The lowest BCUT2D eigenvalue weighted by Gasteiger charge is -2.09. The molecule has 0 spiro atoms. The van der Waals surface area contributed by atoms with E-state index >= 15 is 0 Å².